The highest BCUT2D eigenvalue weighted by Crippen LogP contribution is 2.28. The number of nitrogens with zero attached hydrogens (tertiary/aromatic N) is 2. The molecule has 1 aromatic carbocycles. The van der Waals surface area contributed by atoms with Crippen LogP contribution in [0.2, 0.25) is 0 Å². The summed E-state index contributed by atoms with van der Waals surface area (Å²) >= 11 is 0. The standard InChI is InChI=1S/C13H13N3O3/c1-9-2-3-12(16(17)18)13(6-9)19-8-11-7-10(14)4-5-15-11/h2-7H,8H2,1H3,(H2,14,15). The molecule has 2 aromatic rings. The second kappa shape index (κ2) is 5.34. The van der Waals surface area contributed by atoms with Crippen molar-refractivity contribution in [3.05, 3.63) is 57.9 Å². The van der Waals surface area contributed by atoms with E-state index in [9.17, 15) is 10.1 Å². The summed E-state index contributed by atoms with van der Waals surface area (Å²) in [6.07, 6.45) is 1.57. The van der Waals surface area contributed by atoms with E-state index in [1.165, 1.54) is 6.07 Å². The second-order valence-electron chi connectivity index (χ2n) is 4.10. The van der Waals surface area contributed by atoms with Crippen molar-refractivity contribution < 1.29 is 9.66 Å². The molecular formula is C13H13N3O3. The van der Waals surface area contributed by atoms with Crippen LogP contribution >= 0.6 is 0 Å². The molecule has 19 heavy (non-hydrogen) atoms. The zero-order chi connectivity index (χ0) is 13.8. The Labute approximate surface area is 110 Å². The van der Waals surface area contributed by atoms with E-state index >= 15 is 0 Å². The van der Waals surface area contributed by atoms with Crippen LogP contribution < -0.4 is 10.5 Å². The molecule has 6 heteroatoms. The van der Waals surface area contributed by atoms with Crippen LogP contribution in [-0.4, -0.2) is 9.91 Å². The Morgan fingerprint density at radius 3 is 2.84 bits per heavy atom. The number of nitrogens with two attached hydrogens (primary N) is 1. The number of nitro groups is 1. The van der Waals surface area contributed by atoms with E-state index in [2.05, 4.69) is 4.98 Å². The minimum absolute atomic E-state index is 0.0606. The number of aromatic nitrogens is 1. The minimum Gasteiger partial charge on any atom is -0.480 e. The first-order chi connectivity index (χ1) is 9.06. The molecule has 1 heterocycles. The summed E-state index contributed by atoms with van der Waals surface area (Å²) in [6, 6.07) is 8.06. The average Bonchev–Trinajstić information content (AvgIpc) is 2.36. The first-order valence-corrected chi connectivity index (χ1v) is 5.64. The van der Waals surface area contributed by atoms with Crippen LogP contribution in [-0.2, 0) is 6.61 Å². The molecular weight excluding hydrogens is 246 g/mol. The molecule has 6 nitrogen and oxygen atoms in total. The number of benzene rings is 1. The third-order valence-corrected chi connectivity index (χ3v) is 2.53. The van der Waals surface area contributed by atoms with Gasteiger partial charge in [0.15, 0.2) is 5.75 Å². The maximum atomic E-state index is 10.9. The molecule has 0 amide bonds. The number of hydrogen-bond acceptors (Lipinski definition) is 5. The van der Waals surface area contributed by atoms with Crippen LogP contribution in [0.25, 0.3) is 0 Å². The summed E-state index contributed by atoms with van der Waals surface area (Å²) in [6.45, 7) is 1.98. The van der Waals surface area contributed by atoms with Gasteiger partial charge in [-0.25, -0.2) is 0 Å². The molecule has 0 aliphatic heterocycles. The van der Waals surface area contributed by atoms with Crippen LogP contribution in [0.15, 0.2) is 36.5 Å². The Balaban J connectivity index is 2.19. The maximum absolute atomic E-state index is 10.9. The van der Waals surface area contributed by atoms with Gasteiger partial charge in [0.1, 0.15) is 6.61 Å². The van der Waals surface area contributed by atoms with Gasteiger partial charge in [-0.1, -0.05) is 6.07 Å². The average molecular weight is 259 g/mol. The van der Waals surface area contributed by atoms with E-state index in [0.717, 1.165) is 5.56 Å². The highest BCUT2D eigenvalue weighted by atomic mass is 16.6. The van der Waals surface area contributed by atoms with Crippen molar-refractivity contribution in [2.24, 2.45) is 0 Å². The monoisotopic (exact) mass is 259 g/mol. The third-order valence-electron chi connectivity index (χ3n) is 2.53. The zero-order valence-electron chi connectivity index (χ0n) is 10.4. The van der Waals surface area contributed by atoms with Crippen molar-refractivity contribution in [1.82, 2.24) is 4.98 Å². The normalized spacial score (nSPS) is 10.2. The molecule has 2 rings (SSSR count). The molecule has 0 radical (unpaired) electrons. The Morgan fingerprint density at radius 2 is 2.16 bits per heavy atom. The van der Waals surface area contributed by atoms with E-state index in [1.807, 2.05) is 6.92 Å². The van der Waals surface area contributed by atoms with Crippen molar-refractivity contribution in [3.63, 3.8) is 0 Å². The lowest BCUT2D eigenvalue weighted by Crippen LogP contribution is -2.01. The quantitative estimate of drug-likeness (QED) is 0.672. The van der Waals surface area contributed by atoms with Gasteiger partial charge < -0.3 is 10.5 Å². The molecule has 0 saturated carbocycles. The minimum atomic E-state index is -0.471. The van der Waals surface area contributed by atoms with E-state index in [-0.39, 0.29) is 18.0 Å². The zero-order valence-corrected chi connectivity index (χ0v) is 10.4. The van der Waals surface area contributed by atoms with Crippen molar-refractivity contribution >= 4 is 11.4 Å². The van der Waals surface area contributed by atoms with Crippen molar-refractivity contribution in [2.75, 3.05) is 5.73 Å². The molecule has 0 saturated heterocycles. The molecule has 2 N–H and O–H groups in total. The summed E-state index contributed by atoms with van der Waals surface area (Å²) in [5.74, 6) is 0.231. The van der Waals surface area contributed by atoms with Crippen LogP contribution in [0.4, 0.5) is 11.4 Å². The fourth-order valence-electron chi connectivity index (χ4n) is 1.62. The fraction of sp³-hybridized carbons (Fsp3) is 0.154. The largest absolute Gasteiger partial charge is 0.480 e. The van der Waals surface area contributed by atoms with E-state index < -0.39 is 4.92 Å². The Bertz CT molecular complexity index is 614. The molecule has 0 spiro atoms. The fourth-order valence-corrected chi connectivity index (χ4v) is 1.62. The lowest BCUT2D eigenvalue weighted by atomic mass is 10.2. The summed E-state index contributed by atoms with van der Waals surface area (Å²) in [5.41, 5.74) is 7.65. The number of hydrogen-bond donors (Lipinski definition) is 1. The summed E-state index contributed by atoms with van der Waals surface area (Å²) in [5, 5.41) is 10.9. The van der Waals surface area contributed by atoms with E-state index in [1.54, 1.807) is 30.5 Å². The number of pyridine rings is 1. The first-order valence-electron chi connectivity index (χ1n) is 5.64. The van der Waals surface area contributed by atoms with Crippen LogP contribution in [0.3, 0.4) is 0 Å². The molecule has 0 bridgehead atoms. The van der Waals surface area contributed by atoms with Gasteiger partial charge in [0.2, 0.25) is 0 Å². The van der Waals surface area contributed by atoms with Gasteiger partial charge in [-0.2, -0.15) is 0 Å². The number of aryl methyl sites for hydroxylation is 1. The predicted octanol–water partition coefficient (Wildman–Crippen LogP) is 2.46. The van der Waals surface area contributed by atoms with Gasteiger partial charge in [-0.15, -0.1) is 0 Å². The second-order valence-corrected chi connectivity index (χ2v) is 4.10. The number of anilines is 1. The summed E-state index contributed by atoms with van der Waals surface area (Å²) in [4.78, 5) is 14.5. The number of nitro benzene ring substituents is 1. The third kappa shape index (κ3) is 3.19. The summed E-state index contributed by atoms with van der Waals surface area (Å²) in [7, 11) is 0. The van der Waals surface area contributed by atoms with Gasteiger partial charge in [0.25, 0.3) is 0 Å². The van der Waals surface area contributed by atoms with Crippen LogP contribution in [0.1, 0.15) is 11.3 Å². The topological polar surface area (TPSA) is 91.3 Å². The van der Waals surface area contributed by atoms with Crippen molar-refractivity contribution in [1.29, 1.82) is 0 Å². The maximum Gasteiger partial charge on any atom is 0.310 e. The Hall–Kier alpha value is -2.63. The molecule has 98 valence electrons. The van der Waals surface area contributed by atoms with Gasteiger partial charge in [-0.3, -0.25) is 15.1 Å². The number of ether oxygens (including phenoxy) is 1. The highest BCUT2D eigenvalue weighted by molar-refractivity contribution is 5.48. The number of nitrogen functional groups attached to an aromatic ring is 1. The van der Waals surface area contributed by atoms with Gasteiger partial charge in [-0.05, 0) is 30.7 Å². The van der Waals surface area contributed by atoms with Crippen LogP contribution in [0, 0.1) is 17.0 Å². The summed E-state index contributed by atoms with van der Waals surface area (Å²) < 4.78 is 5.46. The van der Waals surface area contributed by atoms with Gasteiger partial charge in [0, 0.05) is 18.0 Å². The Kier molecular flexibility index (Phi) is 3.61. The molecule has 0 aliphatic carbocycles. The van der Waals surface area contributed by atoms with Gasteiger partial charge >= 0.3 is 5.69 Å². The first kappa shape index (κ1) is 12.8. The smallest absolute Gasteiger partial charge is 0.310 e. The molecule has 0 unspecified atom stereocenters. The Morgan fingerprint density at radius 1 is 1.37 bits per heavy atom. The lowest BCUT2D eigenvalue weighted by molar-refractivity contribution is -0.386. The van der Waals surface area contributed by atoms with Crippen molar-refractivity contribution in [2.45, 2.75) is 13.5 Å². The molecule has 0 atom stereocenters. The predicted molar refractivity (Wildman–Crippen MR) is 70.8 cm³/mol. The van der Waals surface area contributed by atoms with E-state index in [4.69, 9.17) is 10.5 Å². The lowest BCUT2D eigenvalue weighted by Gasteiger charge is -2.07. The van der Waals surface area contributed by atoms with E-state index in [0.29, 0.717) is 11.4 Å². The molecule has 1 aromatic heterocycles. The van der Waals surface area contributed by atoms with Crippen molar-refractivity contribution in [3.8, 4) is 5.75 Å². The SMILES string of the molecule is Cc1ccc([N+](=O)[O-])c(OCc2cc(N)ccn2)c1. The van der Waals surface area contributed by atoms with Gasteiger partial charge in [0.05, 0.1) is 10.6 Å². The number of rotatable bonds is 4. The molecule has 0 aliphatic rings. The van der Waals surface area contributed by atoms with Crippen LogP contribution in [0.5, 0.6) is 5.75 Å². The highest BCUT2D eigenvalue weighted by Gasteiger charge is 2.15. The molecule has 0 fully saturated rings.